The number of halogens is 2. The molecule has 0 aliphatic rings. The number of hydrogen-bond donors (Lipinski definition) is 1. The second-order valence-electron chi connectivity index (χ2n) is 2.51. The Kier molecular flexibility index (Phi) is 3.20. The van der Waals surface area contributed by atoms with Gasteiger partial charge in [0.15, 0.2) is 0 Å². The summed E-state index contributed by atoms with van der Waals surface area (Å²) in [5, 5.41) is 17.7. The average Bonchev–Trinajstić information content (AvgIpc) is 2.17. The van der Waals surface area contributed by atoms with E-state index in [0.29, 0.717) is 5.56 Å². The quantitative estimate of drug-likeness (QED) is 0.828. The number of nitrogens with zero attached hydrogens (tertiary/aromatic N) is 1. The maximum Gasteiger partial charge on any atom is 0.337 e. The van der Waals surface area contributed by atoms with Crippen LogP contribution in [0.3, 0.4) is 0 Å². The fraction of sp³-hybridized carbons (Fsp3) is 0.111. The van der Waals surface area contributed by atoms with Gasteiger partial charge in [-0.15, -0.1) is 0 Å². The van der Waals surface area contributed by atoms with Gasteiger partial charge in [0.1, 0.15) is 17.4 Å². The molecule has 0 unspecified atom stereocenters. The molecule has 0 heterocycles. The molecule has 0 saturated carbocycles. The largest absolute Gasteiger partial charge is 0.478 e. The third-order valence-electron chi connectivity index (χ3n) is 1.71. The predicted octanol–water partition coefficient (Wildman–Crippen LogP) is 2.29. The number of carboxylic acids is 1. The van der Waals surface area contributed by atoms with Crippen LogP contribution in [0.1, 0.15) is 21.5 Å². The zero-order valence-electron chi connectivity index (χ0n) is 6.92. The second kappa shape index (κ2) is 4.20. The number of carboxylic acid groups (broad SMARTS) is 1. The number of benzene rings is 1. The monoisotopic (exact) mass is 257 g/mol. The van der Waals surface area contributed by atoms with Gasteiger partial charge in [-0.2, -0.15) is 5.26 Å². The van der Waals surface area contributed by atoms with Gasteiger partial charge in [0.2, 0.25) is 0 Å². The fourth-order valence-corrected chi connectivity index (χ4v) is 1.55. The first-order chi connectivity index (χ1) is 6.61. The minimum Gasteiger partial charge on any atom is -0.478 e. The molecule has 0 radical (unpaired) electrons. The average molecular weight is 258 g/mol. The van der Waals surface area contributed by atoms with Gasteiger partial charge in [-0.05, 0) is 11.6 Å². The summed E-state index contributed by atoms with van der Waals surface area (Å²) in [5.74, 6) is -2.11. The molecule has 1 aromatic rings. The Morgan fingerprint density at radius 2 is 2.29 bits per heavy atom. The normalized spacial score (nSPS) is 9.50. The van der Waals surface area contributed by atoms with E-state index >= 15 is 0 Å². The lowest BCUT2D eigenvalue weighted by atomic mass is 10.0. The van der Waals surface area contributed by atoms with Crippen molar-refractivity contribution in [3.8, 4) is 6.07 Å². The topological polar surface area (TPSA) is 61.1 Å². The van der Waals surface area contributed by atoms with Crippen molar-refractivity contribution in [3.05, 3.63) is 34.6 Å². The van der Waals surface area contributed by atoms with Crippen LogP contribution in [0.2, 0.25) is 0 Å². The standard InChI is InChI=1S/C9H5BrFNO2/c10-3-5-1-2-7(11)6(4-12)8(5)9(13)14/h1-2H,3H2,(H,13,14). The van der Waals surface area contributed by atoms with Gasteiger partial charge >= 0.3 is 5.97 Å². The number of nitriles is 1. The molecule has 14 heavy (non-hydrogen) atoms. The lowest BCUT2D eigenvalue weighted by Crippen LogP contribution is -2.06. The highest BCUT2D eigenvalue weighted by Gasteiger charge is 2.18. The van der Waals surface area contributed by atoms with Crippen LogP contribution in [-0.2, 0) is 5.33 Å². The van der Waals surface area contributed by atoms with E-state index in [2.05, 4.69) is 15.9 Å². The van der Waals surface area contributed by atoms with Crippen LogP contribution >= 0.6 is 15.9 Å². The number of aromatic carboxylic acids is 1. The van der Waals surface area contributed by atoms with Crippen LogP contribution in [0.5, 0.6) is 0 Å². The van der Waals surface area contributed by atoms with Crippen molar-refractivity contribution < 1.29 is 14.3 Å². The maximum absolute atomic E-state index is 13.0. The Balaban J connectivity index is 3.54. The molecule has 0 aromatic heterocycles. The van der Waals surface area contributed by atoms with Crippen LogP contribution in [0.25, 0.3) is 0 Å². The fourth-order valence-electron chi connectivity index (χ4n) is 1.09. The van der Waals surface area contributed by atoms with Gasteiger partial charge in [0.05, 0.1) is 5.56 Å². The van der Waals surface area contributed by atoms with Crippen LogP contribution in [0.4, 0.5) is 4.39 Å². The summed E-state index contributed by atoms with van der Waals surface area (Å²) < 4.78 is 13.0. The van der Waals surface area contributed by atoms with Crippen molar-refractivity contribution in [2.75, 3.05) is 0 Å². The van der Waals surface area contributed by atoms with Crippen molar-refractivity contribution in [1.29, 1.82) is 5.26 Å². The van der Waals surface area contributed by atoms with E-state index in [1.54, 1.807) is 6.07 Å². The van der Waals surface area contributed by atoms with E-state index < -0.39 is 17.3 Å². The first kappa shape index (κ1) is 10.7. The van der Waals surface area contributed by atoms with Crippen LogP contribution in [0, 0.1) is 17.1 Å². The third-order valence-corrected chi connectivity index (χ3v) is 2.31. The number of rotatable bonds is 2. The summed E-state index contributed by atoms with van der Waals surface area (Å²) in [6, 6.07) is 3.97. The molecule has 0 amide bonds. The molecule has 0 atom stereocenters. The molecule has 1 N–H and O–H groups in total. The molecule has 3 nitrogen and oxygen atoms in total. The van der Waals surface area contributed by atoms with Crippen LogP contribution in [-0.4, -0.2) is 11.1 Å². The molecule has 0 spiro atoms. The summed E-state index contributed by atoms with van der Waals surface area (Å²) in [7, 11) is 0. The molecule has 1 rings (SSSR count). The van der Waals surface area contributed by atoms with Crippen molar-refractivity contribution >= 4 is 21.9 Å². The first-order valence-corrected chi connectivity index (χ1v) is 4.74. The third kappa shape index (κ3) is 1.75. The Hall–Kier alpha value is -1.41. The van der Waals surface area contributed by atoms with E-state index in [1.807, 2.05) is 0 Å². The lowest BCUT2D eigenvalue weighted by Gasteiger charge is -2.04. The molecule has 0 aliphatic carbocycles. The van der Waals surface area contributed by atoms with Crippen LogP contribution < -0.4 is 0 Å². The van der Waals surface area contributed by atoms with E-state index in [1.165, 1.54) is 6.07 Å². The molecule has 0 saturated heterocycles. The van der Waals surface area contributed by atoms with Gasteiger partial charge < -0.3 is 5.11 Å². The highest BCUT2D eigenvalue weighted by Crippen LogP contribution is 2.20. The van der Waals surface area contributed by atoms with Crippen molar-refractivity contribution in [2.24, 2.45) is 0 Å². The van der Waals surface area contributed by atoms with E-state index in [0.717, 1.165) is 6.07 Å². The molecular weight excluding hydrogens is 253 g/mol. The minimum absolute atomic E-state index is 0.267. The first-order valence-electron chi connectivity index (χ1n) is 3.62. The van der Waals surface area contributed by atoms with Crippen molar-refractivity contribution in [2.45, 2.75) is 5.33 Å². The smallest absolute Gasteiger partial charge is 0.337 e. The summed E-state index contributed by atoms with van der Waals surface area (Å²) in [4.78, 5) is 10.8. The molecule has 72 valence electrons. The second-order valence-corrected chi connectivity index (χ2v) is 3.07. The highest BCUT2D eigenvalue weighted by atomic mass is 79.9. The Bertz CT molecular complexity index is 426. The van der Waals surface area contributed by atoms with Gasteiger partial charge in [-0.1, -0.05) is 22.0 Å². The molecule has 0 bridgehead atoms. The summed E-state index contributed by atoms with van der Waals surface area (Å²) in [5.41, 5.74) is -0.311. The van der Waals surface area contributed by atoms with E-state index in [4.69, 9.17) is 10.4 Å². The molecule has 5 heteroatoms. The molecule has 1 aromatic carbocycles. The number of alkyl halides is 1. The molecule has 0 aliphatic heterocycles. The van der Waals surface area contributed by atoms with Gasteiger partial charge in [-0.3, -0.25) is 0 Å². The number of hydrogen-bond acceptors (Lipinski definition) is 2. The summed E-state index contributed by atoms with van der Waals surface area (Å²) in [6.07, 6.45) is 0. The Labute approximate surface area is 87.9 Å². The Morgan fingerprint density at radius 3 is 2.71 bits per heavy atom. The lowest BCUT2D eigenvalue weighted by molar-refractivity contribution is 0.0695. The maximum atomic E-state index is 13.0. The summed E-state index contributed by atoms with van der Waals surface area (Å²) >= 11 is 3.07. The SMILES string of the molecule is N#Cc1c(F)ccc(CBr)c1C(=O)O. The number of carbonyl (C=O) groups is 1. The van der Waals surface area contributed by atoms with E-state index in [9.17, 15) is 9.18 Å². The van der Waals surface area contributed by atoms with Crippen molar-refractivity contribution in [1.82, 2.24) is 0 Å². The zero-order chi connectivity index (χ0) is 10.7. The molecular formula is C9H5BrFNO2. The van der Waals surface area contributed by atoms with E-state index in [-0.39, 0.29) is 10.9 Å². The van der Waals surface area contributed by atoms with Gasteiger partial charge in [-0.25, -0.2) is 9.18 Å². The van der Waals surface area contributed by atoms with Crippen molar-refractivity contribution in [3.63, 3.8) is 0 Å². The zero-order valence-corrected chi connectivity index (χ0v) is 8.51. The summed E-state index contributed by atoms with van der Waals surface area (Å²) in [6.45, 7) is 0. The molecule has 0 fully saturated rings. The van der Waals surface area contributed by atoms with Gasteiger partial charge in [0.25, 0.3) is 0 Å². The minimum atomic E-state index is -1.30. The van der Waals surface area contributed by atoms with Gasteiger partial charge in [0, 0.05) is 5.33 Å². The van der Waals surface area contributed by atoms with Crippen LogP contribution in [0.15, 0.2) is 12.1 Å². The Morgan fingerprint density at radius 1 is 1.64 bits per heavy atom. The predicted molar refractivity (Wildman–Crippen MR) is 50.7 cm³/mol. The highest BCUT2D eigenvalue weighted by molar-refractivity contribution is 9.08.